The Kier molecular flexibility index (Phi) is 6.32. The number of alkyl halides is 3. The molecule has 0 spiro atoms. The number of carbonyl (C=O) groups is 2. The van der Waals surface area contributed by atoms with E-state index in [1.54, 1.807) is 6.08 Å². The molecular formula is C21H21F3N2O5S. The highest BCUT2D eigenvalue weighted by molar-refractivity contribution is 7.90. The summed E-state index contributed by atoms with van der Waals surface area (Å²) in [4.78, 5) is 25.1. The number of ether oxygens (including phenoxy) is 1. The van der Waals surface area contributed by atoms with Crippen LogP contribution < -0.4 is 4.74 Å². The van der Waals surface area contributed by atoms with Gasteiger partial charge >= 0.3 is 12.1 Å². The van der Waals surface area contributed by atoms with Gasteiger partial charge in [0.25, 0.3) is 0 Å². The van der Waals surface area contributed by atoms with Crippen LogP contribution in [-0.4, -0.2) is 36.2 Å². The molecule has 1 aromatic heterocycles. The van der Waals surface area contributed by atoms with Crippen LogP contribution in [0.2, 0.25) is 0 Å². The lowest BCUT2D eigenvalue weighted by Crippen LogP contribution is -2.18. The fourth-order valence-corrected chi connectivity index (χ4v) is 4.42. The first-order valence-corrected chi connectivity index (χ1v) is 11.6. The Morgan fingerprint density at radius 2 is 1.88 bits per heavy atom. The fraction of sp³-hybridized carbons (Fsp3) is 0.381. The minimum absolute atomic E-state index is 0.136. The van der Waals surface area contributed by atoms with Gasteiger partial charge in [-0.05, 0) is 50.8 Å². The van der Waals surface area contributed by atoms with Crippen molar-refractivity contribution in [3.8, 4) is 5.88 Å². The van der Waals surface area contributed by atoms with E-state index in [2.05, 4.69) is 5.10 Å². The van der Waals surface area contributed by atoms with Crippen molar-refractivity contribution in [3.05, 3.63) is 52.2 Å². The van der Waals surface area contributed by atoms with Crippen molar-refractivity contribution in [3.63, 3.8) is 0 Å². The van der Waals surface area contributed by atoms with Crippen molar-refractivity contribution in [1.82, 2.24) is 9.78 Å². The summed E-state index contributed by atoms with van der Waals surface area (Å²) in [5.74, 6) is -1.77. The molecule has 0 radical (unpaired) electrons. The van der Waals surface area contributed by atoms with Gasteiger partial charge < -0.3 is 4.74 Å². The molecule has 3 rings (SSSR count). The van der Waals surface area contributed by atoms with Crippen molar-refractivity contribution >= 4 is 21.6 Å². The van der Waals surface area contributed by atoms with Crippen molar-refractivity contribution < 1.29 is 35.9 Å². The first kappa shape index (κ1) is 23.7. The molecule has 2 aromatic rings. The maximum Gasteiger partial charge on any atom is 0.416 e. The minimum atomic E-state index is -4.79. The Morgan fingerprint density at radius 3 is 2.44 bits per heavy atom. The monoisotopic (exact) mass is 470 g/mol. The maximum atomic E-state index is 13.3. The molecule has 0 atom stereocenters. The number of allylic oxidation sites excluding steroid dienone is 1. The molecule has 1 aliphatic carbocycles. The standard InChI is InChI=1S/C21H21F3N2O5S/c1-12-17(19(26(2)25-12)31-20(28)13-7-5-4-6-8-13)18(27)15-10-9-14(21(22,23)24)11-16(15)32(3,29)30/h7,9-11H,4-6,8H2,1-3H3. The van der Waals surface area contributed by atoms with Gasteiger partial charge in [0.05, 0.1) is 16.2 Å². The Bertz CT molecular complexity index is 1230. The molecule has 0 fully saturated rings. The van der Waals surface area contributed by atoms with E-state index in [0.717, 1.165) is 30.0 Å². The van der Waals surface area contributed by atoms with Crippen LogP contribution in [0, 0.1) is 6.92 Å². The van der Waals surface area contributed by atoms with Crippen LogP contribution in [0.1, 0.15) is 52.9 Å². The summed E-state index contributed by atoms with van der Waals surface area (Å²) in [7, 11) is -2.76. The molecule has 172 valence electrons. The summed E-state index contributed by atoms with van der Waals surface area (Å²) >= 11 is 0. The fourth-order valence-electron chi connectivity index (χ4n) is 3.52. The van der Waals surface area contributed by atoms with Gasteiger partial charge in [0.2, 0.25) is 11.7 Å². The average molecular weight is 470 g/mol. The number of nitrogens with zero attached hydrogens (tertiary/aromatic N) is 2. The normalized spacial score (nSPS) is 14.8. The van der Waals surface area contributed by atoms with E-state index in [-0.39, 0.29) is 17.1 Å². The van der Waals surface area contributed by atoms with Gasteiger partial charge in [-0.3, -0.25) is 4.79 Å². The van der Waals surface area contributed by atoms with Gasteiger partial charge in [-0.25, -0.2) is 17.9 Å². The zero-order valence-electron chi connectivity index (χ0n) is 17.6. The van der Waals surface area contributed by atoms with Crippen molar-refractivity contribution in [2.24, 2.45) is 7.05 Å². The van der Waals surface area contributed by atoms with E-state index in [9.17, 15) is 31.2 Å². The van der Waals surface area contributed by atoms with Gasteiger partial charge in [-0.15, -0.1) is 0 Å². The number of sulfone groups is 1. The van der Waals surface area contributed by atoms with E-state index in [1.807, 2.05) is 0 Å². The number of hydrogen-bond acceptors (Lipinski definition) is 6. The molecule has 1 aromatic carbocycles. The van der Waals surface area contributed by atoms with Crippen LogP contribution in [0.5, 0.6) is 5.88 Å². The molecule has 1 aliphatic rings. The molecule has 0 aliphatic heterocycles. The van der Waals surface area contributed by atoms with E-state index in [4.69, 9.17) is 4.74 Å². The van der Waals surface area contributed by atoms with Crippen LogP contribution in [0.3, 0.4) is 0 Å². The number of benzene rings is 1. The molecule has 32 heavy (non-hydrogen) atoms. The van der Waals surface area contributed by atoms with Gasteiger partial charge in [0.15, 0.2) is 9.84 Å². The zero-order chi connectivity index (χ0) is 23.8. The van der Waals surface area contributed by atoms with Crippen LogP contribution in [-0.2, 0) is 27.9 Å². The highest BCUT2D eigenvalue weighted by atomic mass is 32.2. The summed E-state index contributed by atoms with van der Waals surface area (Å²) in [6.07, 6.45) is 0.702. The lowest BCUT2D eigenvalue weighted by atomic mass is 10.00. The maximum absolute atomic E-state index is 13.3. The van der Waals surface area contributed by atoms with Crippen LogP contribution in [0.15, 0.2) is 34.7 Å². The van der Waals surface area contributed by atoms with E-state index in [0.29, 0.717) is 30.4 Å². The first-order valence-electron chi connectivity index (χ1n) is 9.71. The number of halogens is 3. The van der Waals surface area contributed by atoms with Gasteiger partial charge in [0, 0.05) is 24.4 Å². The highest BCUT2D eigenvalue weighted by Gasteiger charge is 2.34. The molecule has 0 saturated carbocycles. The predicted molar refractivity (Wildman–Crippen MR) is 108 cm³/mol. The Labute approximate surface area is 182 Å². The third-order valence-corrected chi connectivity index (χ3v) is 6.23. The topological polar surface area (TPSA) is 95.3 Å². The largest absolute Gasteiger partial charge is 0.416 e. The predicted octanol–water partition coefficient (Wildman–Crippen LogP) is 3.79. The molecule has 0 saturated heterocycles. The summed E-state index contributed by atoms with van der Waals surface area (Å²) in [5.41, 5.74) is -1.27. The molecule has 11 heteroatoms. The smallest absolute Gasteiger partial charge is 0.404 e. The second kappa shape index (κ2) is 8.53. The second-order valence-electron chi connectivity index (χ2n) is 7.56. The number of ketones is 1. The molecule has 0 amide bonds. The quantitative estimate of drug-likeness (QED) is 0.488. The van der Waals surface area contributed by atoms with E-state index >= 15 is 0 Å². The van der Waals surface area contributed by atoms with Gasteiger partial charge in [-0.1, -0.05) is 6.08 Å². The number of esters is 1. The summed E-state index contributed by atoms with van der Waals surface area (Å²) in [5, 5.41) is 4.07. The van der Waals surface area contributed by atoms with Gasteiger partial charge in [-0.2, -0.15) is 18.3 Å². The minimum Gasteiger partial charge on any atom is -0.404 e. The molecule has 7 nitrogen and oxygen atoms in total. The van der Waals surface area contributed by atoms with Crippen molar-refractivity contribution in [2.45, 2.75) is 43.7 Å². The van der Waals surface area contributed by atoms with E-state index < -0.39 is 43.8 Å². The van der Waals surface area contributed by atoms with Crippen LogP contribution in [0.4, 0.5) is 13.2 Å². The highest BCUT2D eigenvalue weighted by Crippen LogP contribution is 2.34. The molecule has 0 unspecified atom stereocenters. The van der Waals surface area contributed by atoms with Crippen LogP contribution in [0.25, 0.3) is 0 Å². The van der Waals surface area contributed by atoms with Crippen molar-refractivity contribution in [1.29, 1.82) is 0 Å². The van der Waals surface area contributed by atoms with Crippen molar-refractivity contribution in [2.75, 3.05) is 6.26 Å². The lowest BCUT2D eigenvalue weighted by Gasteiger charge is -2.14. The molecular weight excluding hydrogens is 449 g/mol. The second-order valence-corrected chi connectivity index (χ2v) is 9.55. The molecule has 0 bridgehead atoms. The first-order chi connectivity index (χ1) is 14.8. The summed E-state index contributed by atoms with van der Waals surface area (Å²) in [6.45, 7) is 1.45. The van der Waals surface area contributed by atoms with E-state index in [1.165, 1.54) is 14.0 Å². The Morgan fingerprint density at radius 1 is 1.19 bits per heavy atom. The third kappa shape index (κ3) is 4.77. The Hall–Kier alpha value is -2.95. The Balaban J connectivity index is 2.09. The SMILES string of the molecule is Cc1nn(C)c(OC(=O)C2=CCCCC2)c1C(=O)c1ccc(C(F)(F)F)cc1S(C)(=O)=O. The number of aromatic nitrogens is 2. The summed E-state index contributed by atoms with van der Waals surface area (Å²) in [6, 6.07) is 1.86. The molecule has 1 heterocycles. The number of carbonyl (C=O) groups excluding carboxylic acids is 2. The lowest BCUT2D eigenvalue weighted by molar-refractivity contribution is -0.137. The number of aryl methyl sites for hydroxylation is 2. The molecule has 0 N–H and O–H groups in total. The van der Waals surface area contributed by atoms with Gasteiger partial charge in [0.1, 0.15) is 5.56 Å². The van der Waals surface area contributed by atoms with Crippen LogP contribution >= 0.6 is 0 Å². The zero-order valence-corrected chi connectivity index (χ0v) is 18.4. The third-order valence-electron chi connectivity index (χ3n) is 5.09. The number of hydrogen-bond donors (Lipinski definition) is 0. The average Bonchev–Trinajstić information content (AvgIpc) is 2.99. The summed E-state index contributed by atoms with van der Waals surface area (Å²) < 4.78 is 70.3. The number of rotatable bonds is 5.